The Kier molecular flexibility index (Phi) is 3.24. The van der Waals surface area contributed by atoms with Crippen LogP contribution in [-0.4, -0.2) is 22.3 Å². The fourth-order valence-electron chi connectivity index (χ4n) is 5.33. The summed E-state index contributed by atoms with van der Waals surface area (Å²) in [4.78, 5) is 11.8. The average Bonchev–Trinajstić information content (AvgIpc) is 2.39. The molecule has 3 heteroatoms. The van der Waals surface area contributed by atoms with E-state index >= 15 is 0 Å². The number of carboxylic acids is 1. The van der Waals surface area contributed by atoms with Gasteiger partial charge < -0.3 is 10.2 Å². The van der Waals surface area contributed by atoms with Gasteiger partial charge in [0.15, 0.2) is 0 Å². The number of carboxylic acid groups (broad SMARTS) is 1. The van der Waals surface area contributed by atoms with Crippen LogP contribution in [0.4, 0.5) is 0 Å². The highest BCUT2D eigenvalue weighted by atomic mass is 16.4. The van der Waals surface area contributed by atoms with Crippen LogP contribution < -0.4 is 0 Å². The zero-order valence-corrected chi connectivity index (χ0v) is 12.6. The van der Waals surface area contributed by atoms with Gasteiger partial charge in [-0.2, -0.15) is 0 Å². The van der Waals surface area contributed by atoms with Crippen LogP contribution in [0, 0.1) is 16.7 Å². The summed E-state index contributed by atoms with van der Waals surface area (Å²) in [5.41, 5.74) is 2.36. The van der Waals surface area contributed by atoms with Crippen LogP contribution in [0.1, 0.15) is 65.2 Å². The SMILES string of the molecule is C[C@]1(C(=O)O)CCC[C@]2(C)C3=C(CC[C@@H](O)C3)CC[C@H]12. The van der Waals surface area contributed by atoms with E-state index in [4.69, 9.17) is 0 Å². The Bertz CT molecular complexity index is 467. The van der Waals surface area contributed by atoms with Crippen LogP contribution in [0.3, 0.4) is 0 Å². The van der Waals surface area contributed by atoms with Crippen molar-refractivity contribution in [2.24, 2.45) is 16.7 Å². The van der Waals surface area contributed by atoms with Gasteiger partial charge in [-0.3, -0.25) is 4.79 Å². The van der Waals surface area contributed by atoms with Gasteiger partial charge in [0.2, 0.25) is 0 Å². The molecular formula is C17H26O3. The highest BCUT2D eigenvalue weighted by molar-refractivity contribution is 5.75. The summed E-state index contributed by atoms with van der Waals surface area (Å²) in [6, 6.07) is 0. The predicted octanol–water partition coefficient (Wildman–Crippen LogP) is 3.52. The molecule has 112 valence electrons. The third-order valence-corrected chi connectivity index (χ3v) is 6.49. The van der Waals surface area contributed by atoms with Crippen LogP contribution in [0.5, 0.6) is 0 Å². The van der Waals surface area contributed by atoms with Crippen molar-refractivity contribution in [2.75, 3.05) is 0 Å². The highest BCUT2D eigenvalue weighted by Crippen LogP contribution is 2.61. The van der Waals surface area contributed by atoms with Crippen LogP contribution in [0.2, 0.25) is 0 Å². The van der Waals surface area contributed by atoms with E-state index < -0.39 is 11.4 Å². The van der Waals surface area contributed by atoms with Gasteiger partial charge in [0.05, 0.1) is 11.5 Å². The summed E-state index contributed by atoms with van der Waals surface area (Å²) in [6.45, 7) is 4.22. The highest BCUT2D eigenvalue weighted by Gasteiger charge is 2.56. The number of fused-ring (bicyclic) bond motifs is 2. The molecule has 1 fully saturated rings. The van der Waals surface area contributed by atoms with Gasteiger partial charge in [0.25, 0.3) is 0 Å². The molecule has 0 aromatic heterocycles. The first-order valence-corrected chi connectivity index (χ1v) is 8.01. The summed E-state index contributed by atoms with van der Waals surface area (Å²) < 4.78 is 0. The first-order chi connectivity index (χ1) is 9.38. The molecule has 0 bridgehead atoms. The average molecular weight is 278 g/mol. The van der Waals surface area contributed by atoms with E-state index in [1.807, 2.05) is 6.92 Å². The van der Waals surface area contributed by atoms with Gasteiger partial charge >= 0.3 is 5.97 Å². The largest absolute Gasteiger partial charge is 0.481 e. The molecule has 3 aliphatic carbocycles. The molecular weight excluding hydrogens is 252 g/mol. The van der Waals surface area contributed by atoms with Crippen molar-refractivity contribution in [3.8, 4) is 0 Å². The second kappa shape index (κ2) is 4.59. The molecule has 0 unspecified atom stereocenters. The van der Waals surface area contributed by atoms with E-state index in [1.54, 1.807) is 0 Å². The summed E-state index contributed by atoms with van der Waals surface area (Å²) >= 11 is 0. The van der Waals surface area contributed by atoms with E-state index in [0.29, 0.717) is 0 Å². The van der Waals surface area contributed by atoms with Gasteiger partial charge in [-0.05, 0) is 63.2 Å². The van der Waals surface area contributed by atoms with Gasteiger partial charge in [0.1, 0.15) is 0 Å². The molecule has 0 aliphatic heterocycles. The lowest BCUT2D eigenvalue weighted by Crippen LogP contribution is -2.51. The standard InChI is InChI=1S/C17H26O3/c1-16-8-3-9-17(2,15(19)20)14(16)7-5-11-4-6-12(18)10-13(11)16/h12,14,18H,3-10H2,1-2H3,(H,19,20)/t12-,14+,16-,17+/m1/s1. The minimum absolute atomic E-state index is 0.000370. The molecule has 0 radical (unpaired) electrons. The van der Waals surface area contributed by atoms with Crippen molar-refractivity contribution >= 4 is 5.97 Å². The molecule has 3 nitrogen and oxygen atoms in total. The predicted molar refractivity (Wildman–Crippen MR) is 77.3 cm³/mol. The lowest BCUT2D eigenvalue weighted by atomic mass is 9.48. The van der Waals surface area contributed by atoms with Crippen LogP contribution in [0.25, 0.3) is 0 Å². The van der Waals surface area contributed by atoms with E-state index in [2.05, 4.69) is 6.92 Å². The Morgan fingerprint density at radius 3 is 2.60 bits per heavy atom. The first-order valence-electron chi connectivity index (χ1n) is 8.01. The number of allylic oxidation sites excluding steroid dienone is 1. The fourth-order valence-corrected chi connectivity index (χ4v) is 5.33. The number of aliphatic hydroxyl groups is 1. The summed E-state index contributed by atoms with van der Waals surface area (Å²) in [5.74, 6) is -0.404. The second-order valence-corrected chi connectivity index (χ2v) is 7.56. The molecule has 2 N–H and O–H groups in total. The van der Waals surface area contributed by atoms with Crippen LogP contribution in [0.15, 0.2) is 11.1 Å². The minimum Gasteiger partial charge on any atom is -0.481 e. The number of aliphatic carboxylic acids is 1. The zero-order chi connectivity index (χ0) is 14.5. The molecule has 4 atom stereocenters. The number of hydrogen-bond donors (Lipinski definition) is 2. The van der Waals surface area contributed by atoms with Gasteiger partial charge in [0, 0.05) is 0 Å². The first kappa shape index (κ1) is 14.1. The maximum atomic E-state index is 11.8. The smallest absolute Gasteiger partial charge is 0.309 e. The third kappa shape index (κ3) is 1.86. The molecule has 0 saturated heterocycles. The Morgan fingerprint density at radius 2 is 1.90 bits per heavy atom. The van der Waals surface area contributed by atoms with Gasteiger partial charge in [-0.15, -0.1) is 0 Å². The molecule has 1 saturated carbocycles. The Balaban J connectivity index is 2.03. The summed E-state index contributed by atoms with van der Waals surface area (Å²) in [6.07, 6.45) is 7.39. The summed E-state index contributed by atoms with van der Waals surface area (Å²) in [5, 5.41) is 19.8. The minimum atomic E-state index is -0.631. The number of rotatable bonds is 1. The molecule has 0 aromatic rings. The Morgan fingerprint density at radius 1 is 1.20 bits per heavy atom. The van der Waals surface area contributed by atoms with Crippen molar-refractivity contribution in [1.82, 2.24) is 0 Å². The third-order valence-electron chi connectivity index (χ3n) is 6.49. The Labute approximate surface area is 121 Å². The van der Waals surface area contributed by atoms with Gasteiger partial charge in [-0.1, -0.05) is 24.5 Å². The van der Waals surface area contributed by atoms with E-state index in [9.17, 15) is 15.0 Å². The normalized spacial score (nSPS) is 44.8. The lowest BCUT2D eigenvalue weighted by Gasteiger charge is -2.55. The summed E-state index contributed by atoms with van der Waals surface area (Å²) in [7, 11) is 0. The van der Waals surface area contributed by atoms with E-state index in [0.717, 1.165) is 51.4 Å². The van der Waals surface area contributed by atoms with E-state index in [-0.39, 0.29) is 17.4 Å². The maximum Gasteiger partial charge on any atom is 0.309 e. The number of aliphatic hydroxyl groups excluding tert-OH is 1. The van der Waals surface area contributed by atoms with E-state index in [1.165, 1.54) is 11.1 Å². The van der Waals surface area contributed by atoms with Crippen LogP contribution >= 0.6 is 0 Å². The molecule has 0 spiro atoms. The van der Waals surface area contributed by atoms with Crippen molar-refractivity contribution in [2.45, 2.75) is 71.3 Å². The molecule has 3 rings (SSSR count). The molecule has 0 amide bonds. The zero-order valence-electron chi connectivity index (χ0n) is 12.6. The second-order valence-electron chi connectivity index (χ2n) is 7.56. The Hall–Kier alpha value is -0.830. The van der Waals surface area contributed by atoms with Crippen molar-refractivity contribution in [3.63, 3.8) is 0 Å². The quantitative estimate of drug-likeness (QED) is 0.722. The molecule has 3 aliphatic rings. The molecule has 20 heavy (non-hydrogen) atoms. The number of carbonyl (C=O) groups is 1. The van der Waals surface area contributed by atoms with Gasteiger partial charge in [-0.25, -0.2) is 0 Å². The molecule has 0 aromatic carbocycles. The fraction of sp³-hybridized carbons (Fsp3) is 0.824. The maximum absolute atomic E-state index is 11.8. The van der Waals surface area contributed by atoms with Crippen molar-refractivity contribution in [3.05, 3.63) is 11.1 Å². The molecule has 0 heterocycles. The lowest BCUT2D eigenvalue weighted by molar-refractivity contribution is -0.159. The topological polar surface area (TPSA) is 57.5 Å². The van der Waals surface area contributed by atoms with Crippen LogP contribution in [-0.2, 0) is 4.79 Å². The monoisotopic (exact) mass is 278 g/mol. The van der Waals surface area contributed by atoms with Crippen molar-refractivity contribution in [1.29, 1.82) is 0 Å². The van der Waals surface area contributed by atoms with Crippen molar-refractivity contribution < 1.29 is 15.0 Å². The number of hydrogen-bond acceptors (Lipinski definition) is 2.